The summed E-state index contributed by atoms with van der Waals surface area (Å²) >= 11 is 12.2. The van der Waals surface area contributed by atoms with E-state index in [9.17, 15) is 46.2 Å². The maximum atomic E-state index is 12.6. The average Bonchev–Trinajstić information content (AvgIpc) is 3.23. The number of carboxylic acid groups (broad SMARTS) is 1. The predicted octanol–water partition coefficient (Wildman–Crippen LogP) is 5.12. The zero-order valence-electron chi connectivity index (χ0n) is 34.8. The molecule has 0 heterocycles. The van der Waals surface area contributed by atoms with Crippen LogP contribution in [-0.2, 0) is 42.1 Å². The Kier molecular flexibility index (Phi) is 19.9. The number of nitrogens with two attached hydrogens (primary N) is 1. The smallest absolute Gasteiger partial charge is 0.309 e. The molecule has 0 radical (unpaired) electrons. The van der Waals surface area contributed by atoms with Gasteiger partial charge in [-0.2, -0.15) is 0 Å². The number of nitrogens with zero attached hydrogens (tertiary/aromatic N) is 2. The lowest BCUT2D eigenvalue weighted by Gasteiger charge is -2.21. The molecule has 0 aliphatic carbocycles. The summed E-state index contributed by atoms with van der Waals surface area (Å²) in [7, 11) is -6.60. The number of aliphatic hydroxyl groups excluding tert-OH is 2. The number of rotatable bonds is 12. The molecule has 0 bridgehead atoms. The molecular weight excluding hydrogens is 900 g/mol. The summed E-state index contributed by atoms with van der Waals surface area (Å²) in [4.78, 5) is 53.7. The Balaban J connectivity index is 0.000000360. The molecule has 4 atom stereocenters. The van der Waals surface area contributed by atoms with Crippen molar-refractivity contribution in [2.45, 2.75) is 62.5 Å². The van der Waals surface area contributed by atoms with Crippen LogP contribution in [0.4, 0.5) is 11.4 Å². The monoisotopic (exact) mass is 944 g/mol. The Hall–Kier alpha value is -5.90. The van der Waals surface area contributed by atoms with Gasteiger partial charge in [-0.15, -0.1) is 0 Å². The van der Waals surface area contributed by atoms with E-state index in [1.807, 2.05) is 5.43 Å². The topological polar surface area (TPSA) is 268 Å². The molecule has 3 amide bonds. The van der Waals surface area contributed by atoms with Crippen LogP contribution in [0.2, 0.25) is 10.0 Å². The lowest BCUT2D eigenvalue weighted by Crippen LogP contribution is -2.47. The molecule has 0 aliphatic rings. The Morgan fingerprint density at radius 3 is 1.33 bits per heavy atom. The SMILES string of the molecule is CS(=O)(=O)c1ccc(C(=O)NN)cc1.[C-]#[N+]c1ccc(C[C@@H](C(=O)NNC(=O)c2ccc(S(C)(=O)=O)cc2)[C@H](C)O)c(C)c1Cl.[C-]#[N+]c1ccc(C[C@@H](C(=O)O)[C@H](C)O)c(C)c1Cl. The van der Waals surface area contributed by atoms with Gasteiger partial charge in [-0.3, -0.25) is 35.5 Å². The van der Waals surface area contributed by atoms with Crippen molar-refractivity contribution < 1.29 is 51.3 Å². The van der Waals surface area contributed by atoms with Crippen molar-refractivity contribution in [1.82, 2.24) is 16.3 Å². The first-order chi connectivity index (χ1) is 29.3. The van der Waals surface area contributed by atoms with E-state index in [4.69, 9.17) is 47.3 Å². The van der Waals surface area contributed by atoms with E-state index < -0.39 is 67.4 Å². The Morgan fingerprint density at radius 1 is 0.651 bits per heavy atom. The lowest BCUT2D eigenvalue weighted by molar-refractivity contribution is -0.145. The van der Waals surface area contributed by atoms with Gasteiger partial charge in [0.15, 0.2) is 19.7 Å². The molecule has 4 rings (SSSR count). The highest BCUT2D eigenvalue weighted by Gasteiger charge is 2.27. The number of aliphatic carboxylic acids is 1. The van der Waals surface area contributed by atoms with Gasteiger partial charge in [0.2, 0.25) is 17.3 Å². The Morgan fingerprint density at radius 2 is 1.02 bits per heavy atom. The molecule has 0 aromatic heterocycles. The number of nitrogens with one attached hydrogen (secondary N) is 3. The van der Waals surface area contributed by atoms with E-state index in [2.05, 4.69) is 20.5 Å². The van der Waals surface area contributed by atoms with Gasteiger partial charge in [-0.05, 0) is 111 Å². The van der Waals surface area contributed by atoms with Crippen LogP contribution in [-0.4, -0.2) is 80.6 Å². The highest BCUT2D eigenvalue weighted by Crippen LogP contribution is 2.33. The zero-order valence-corrected chi connectivity index (χ0v) is 37.9. The number of carboxylic acids is 1. The molecule has 0 fully saturated rings. The normalized spacial score (nSPS) is 12.8. The molecule has 0 unspecified atom stereocenters. The van der Waals surface area contributed by atoms with Crippen LogP contribution in [0.5, 0.6) is 0 Å². The first-order valence-electron chi connectivity index (χ1n) is 18.4. The molecule has 336 valence electrons. The number of benzene rings is 4. The quantitative estimate of drug-likeness (QED) is 0.0422. The number of carbonyl (C=O) groups excluding carboxylic acids is 3. The summed E-state index contributed by atoms with van der Waals surface area (Å²) in [5, 5.41) is 29.2. The summed E-state index contributed by atoms with van der Waals surface area (Å²) in [6.07, 6.45) is 0.530. The fraction of sp³-hybridized carbons (Fsp3) is 0.286. The number of hydrogen-bond donors (Lipinski definition) is 7. The minimum absolute atomic E-state index is 0.0699. The highest BCUT2D eigenvalue weighted by molar-refractivity contribution is 7.91. The van der Waals surface area contributed by atoms with Crippen LogP contribution in [0.15, 0.2) is 82.6 Å². The molecule has 0 aliphatic heterocycles. The van der Waals surface area contributed by atoms with Gasteiger partial charge >= 0.3 is 5.97 Å². The predicted molar refractivity (Wildman–Crippen MR) is 237 cm³/mol. The van der Waals surface area contributed by atoms with Gasteiger partial charge in [-0.25, -0.2) is 32.4 Å². The average molecular weight is 946 g/mol. The summed E-state index contributed by atoms with van der Waals surface area (Å²) in [6.45, 7) is 20.4. The van der Waals surface area contributed by atoms with E-state index in [1.54, 1.807) is 38.1 Å². The van der Waals surface area contributed by atoms with Gasteiger partial charge in [0, 0.05) is 23.6 Å². The van der Waals surface area contributed by atoms with Crippen molar-refractivity contribution in [2.75, 3.05) is 12.5 Å². The van der Waals surface area contributed by atoms with E-state index in [0.717, 1.165) is 18.1 Å². The van der Waals surface area contributed by atoms with E-state index >= 15 is 0 Å². The maximum absolute atomic E-state index is 12.6. The molecular formula is C42H46Cl2N6O11S2. The number of amides is 3. The summed E-state index contributed by atoms with van der Waals surface area (Å²) in [5.41, 5.74) is 10.4. The minimum Gasteiger partial charge on any atom is -0.481 e. The summed E-state index contributed by atoms with van der Waals surface area (Å²) in [5.74, 6) is 0.395. The van der Waals surface area contributed by atoms with Crippen LogP contribution in [0.1, 0.15) is 56.8 Å². The first-order valence-corrected chi connectivity index (χ1v) is 22.9. The molecule has 0 saturated heterocycles. The van der Waals surface area contributed by atoms with Crippen molar-refractivity contribution in [3.05, 3.63) is 139 Å². The number of hydrogen-bond acceptors (Lipinski definition) is 11. The van der Waals surface area contributed by atoms with Gasteiger partial charge in [0.25, 0.3) is 11.8 Å². The number of carbonyl (C=O) groups is 4. The second-order valence-electron chi connectivity index (χ2n) is 14.0. The molecule has 0 saturated carbocycles. The van der Waals surface area contributed by atoms with Gasteiger partial charge in [-0.1, -0.05) is 47.5 Å². The summed E-state index contributed by atoms with van der Waals surface area (Å²) < 4.78 is 45.1. The van der Waals surface area contributed by atoms with E-state index in [1.165, 1.54) is 62.4 Å². The lowest BCUT2D eigenvalue weighted by atomic mass is 9.91. The number of sulfone groups is 2. The second kappa shape index (κ2) is 23.5. The van der Waals surface area contributed by atoms with Crippen LogP contribution in [0, 0.1) is 38.8 Å². The standard InChI is InChI=1S/C21H22ClN3O5S.C13H14ClNO3.C8H10N2O3S/c1-12-15(7-10-18(23-3)19(12)22)11-17(13(2)26)21(28)25-24-20(27)14-5-8-16(9-6-14)31(4,29)30;1-7-9(4-5-11(15-3)12(7)14)6-10(8(2)16)13(17)18;1-14(12,13)7-4-2-6(3-5-7)8(11)10-9/h5-10,13,17,26H,11H2,1-2,4H3,(H,24,27)(H,25,28);4-5,8,10,16H,6H2,1-2H3,(H,17,18);2-5H,9H2,1H3,(H,10,11)/t13-,17+;8-,10+;/m00./s1. The van der Waals surface area contributed by atoms with Gasteiger partial charge in [0.05, 0.1) is 57.0 Å². The molecule has 21 heteroatoms. The van der Waals surface area contributed by atoms with E-state index in [0.29, 0.717) is 43.7 Å². The fourth-order valence-electron chi connectivity index (χ4n) is 5.53. The highest BCUT2D eigenvalue weighted by atomic mass is 35.5. The van der Waals surface area contributed by atoms with Crippen LogP contribution in [0.3, 0.4) is 0 Å². The zero-order chi connectivity index (χ0) is 48.0. The molecule has 17 nitrogen and oxygen atoms in total. The third-order valence-corrected chi connectivity index (χ3v) is 12.6. The number of nitrogen functional groups attached to an aromatic ring is 1. The molecule has 4 aromatic rings. The van der Waals surface area contributed by atoms with Crippen molar-refractivity contribution in [2.24, 2.45) is 17.7 Å². The molecule has 4 aromatic carbocycles. The third kappa shape index (κ3) is 15.4. The first kappa shape index (κ1) is 53.2. The summed E-state index contributed by atoms with van der Waals surface area (Å²) in [6, 6.07) is 17.3. The van der Waals surface area contributed by atoms with E-state index in [-0.39, 0.29) is 28.2 Å². The Bertz CT molecular complexity index is 2630. The van der Waals surface area contributed by atoms with Crippen molar-refractivity contribution in [3.63, 3.8) is 0 Å². The second-order valence-corrected chi connectivity index (χ2v) is 18.8. The number of hydrazine groups is 2. The molecule has 0 spiro atoms. The fourth-order valence-corrected chi connectivity index (χ4v) is 7.24. The van der Waals surface area contributed by atoms with Crippen LogP contribution in [0.25, 0.3) is 9.69 Å². The largest absolute Gasteiger partial charge is 0.481 e. The maximum Gasteiger partial charge on any atom is 0.309 e. The van der Waals surface area contributed by atoms with Crippen LogP contribution >= 0.6 is 23.2 Å². The molecule has 63 heavy (non-hydrogen) atoms. The van der Waals surface area contributed by atoms with Gasteiger partial charge in [0.1, 0.15) is 0 Å². The van der Waals surface area contributed by atoms with Crippen molar-refractivity contribution >= 4 is 77.9 Å². The molecule has 8 N–H and O–H groups in total. The minimum atomic E-state index is -3.39. The van der Waals surface area contributed by atoms with Gasteiger partial charge < -0.3 is 15.3 Å². The number of aliphatic hydroxyl groups is 2. The van der Waals surface area contributed by atoms with Crippen molar-refractivity contribution in [3.8, 4) is 0 Å². The van der Waals surface area contributed by atoms with Crippen LogP contribution < -0.4 is 22.1 Å². The third-order valence-electron chi connectivity index (χ3n) is 9.42. The Labute approximate surface area is 375 Å². The van der Waals surface area contributed by atoms with Crippen molar-refractivity contribution in [1.29, 1.82) is 0 Å². The number of halogens is 2.